The van der Waals surface area contributed by atoms with Gasteiger partial charge in [-0.2, -0.15) is 0 Å². The number of benzene rings is 1. The zero-order chi connectivity index (χ0) is 25.5. The van der Waals surface area contributed by atoms with Crippen molar-refractivity contribution in [2.75, 3.05) is 50.8 Å². The molecule has 1 N–H and O–H groups in total. The van der Waals surface area contributed by atoms with E-state index < -0.39 is 17.2 Å². The summed E-state index contributed by atoms with van der Waals surface area (Å²) in [7, 11) is 0. The average Bonchev–Trinajstić information content (AvgIpc) is 3.50. The zero-order valence-corrected chi connectivity index (χ0v) is 21.0. The molecule has 0 unspecified atom stereocenters. The van der Waals surface area contributed by atoms with Crippen molar-refractivity contribution < 1.29 is 18.7 Å². The SMILES string of the molecule is O=C(NCCCN1CCCC1=O)c1c(=O)c2cc(F)c(N3CCOCC3)nc2n2c1sc1ccccc12. The fourth-order valence-electron chi connectivity index (χ4n) is 5.10. The monoisotopic (exact) mass is 523 g/mol. The number of anilines is 1. The van der Waals surface area contributed by atoms with Gasteiger partial charge in [0.05, 0.1) is 28.8 Å². The molecule has 2 aliphatic heterocycles. The van der Waals surface area contributed by atoms with Gasteiger partial charge in [0.1, 0.15) is 10.4 Å². The van der Waals surface area contributed by atoms with Crippen LogP contribution in [0.25, 0.3) is 26.1 Å². The first-order valence-electron chi connectivity index (χ1n) is 12.5. The highest BCUT2D eigenvalue weighted by atomic mass is 32.1. The molecule has 0 bridgehead atoms. The van der Waals surface area contributed by atoms with Crippen LogP contribution in [0.5, 0.6) is 0 Å². The fourth-order valence-corrected chi connectivity index (χ4v) is 6.28. The summed E-state index contributed by atoms with van der Waals surface area (Å²) in [6.45, 7) is 3.57. The Balaban J connectivity index is 1.42. The third-order valence-electron chi connectivity index (χ3n) is 6.95. The van der Waals surface area contributed by atoms with Crippen LogP contribution in [0.1, 0.15) is 29.6 Å². The summed E-state index contributed by atoms with van der Waals surface area (Å²) in [5, 5.41) is 2.90. The number of halogens is 1. The second-order valence-corrected chi connectivity index (χ2v) is 10.3. The van der Waals surface area contributed by atoms with Gasteiger partial charge in [-0.15, -0.1) is 11.3 Å². The molecule has 37 heavy (non-hydrogen) atoms. The Kier molecular flexibility index (Phi) is 6.25. The van der Waals surface area contributed by atoms with E-state index in [9.17, 15) is 14.4 Å². The van der Waals surface area contributed by atoms with Crippen molar-refractivity contribution in [3.05, 3.63) is 51.9 Å². The predicted molar refractivity (Wildman–Crippen MR) is 140 cm³/mol. The minimum atomic E-state index is -0.604. The van der Waals surface area contributed by atoms with Gasteiger partial charge in [-0.3, -0.25) is 18.8 Å². The summed E-state index contributed by atoms with van der Waals surface area (Å²) in [5.41, 5.74) is 0.547. The van der Waals surface area contributed by atoms with E-state index in [0.29, 0.717) is 62.7 Å². The molecular formula is C26H26FN5O4S. The zero-order valence-electron chi connectivity index (χ0n) is 20.2. The summed E-state index contributed by atoms with van der Waals surface area (Å²) in [6, 6.07) is 8.79. The normalized spacial score (nSPS) is 16.4. The third kappa shape index (κ3) is 4.21. The van der Waals surface area contributed by atoms with E-state index in [1.165, 1.54) is 17.4 Å². The van der Waals surface area contributed by atoms with Crippen molar-refractivity contribution in [2.24, 2.45) is 0 Å². The minimum absolute atomic E-state index is 0.0220. The topological polar surface area (TPSA) is 96.2 Å². The van der Waals surface area contributed by atoms with Gasteiger partial charge in [0.15, 0.2) is 17.3 Å². The molecule has 0 saturated carbocycles. The van der Waals surface area contributed by atoms with Crippen molar-refractivity contribution >= 4 is 55.0 Å². The summed E-state index contributed by atoms with van der Waals surface area (Å²) >= 11 is 1.33. The molecule has 0 atom stereocenters. The Morgan fingerprint density at radius 1 is 1.16 bits per heavy atom. The molecule has 2 amide bonds. The number of likely N-dealkylation sites (tertiary alicyclic amines) is 1. The van der Waals surface area contributed by atoms with Gasteiger partial charge in [0, 0.05) is 39.1 Å². The van der Waals surface area contributed by atoms with E-state index in [1.807, 2.05) is 29.2 Å². The summed E-state index contributed by atoms with van der Waals surface area (Å²) < 4.78 is 23.3. The van der Waals surface area contributed by atoms with Crippen LogP contribution in [0.15, 0.2) is 35.1 Å². The summed E-state index contributed by atoms with van der Waals surface area (Å²) in [5.74, 6) is -0.806. The molecule has 0 spiro atoms. The molecule has 9 nitrogen and oxygen atoms in total. The van der Waals surface area contributed by atoms with Crippen LogP contribution >= 0.6 is 11.3 Å². The molecule has 0 aliphatic carbocycles. The fraction of sp³-hybridized carbons (Fsp3) is 0.385. The first kappa shape index (κ1) is 23.8. The molecule has 1 aromatic carbocycles. The maximum absolute atomic E-state index is 15.3. The number of amides is 2. The van der Waals surface area contributed by atoms with E-state index in [4.69, 9.17) is 4.74 Å². The van der Waals surface area contributed by atoms with Crippen LogP contribution in [0.2, 0.25) is 0 Å². The quantitative estimate of drug-likeness (QED) is 0.391. The Morgan fingerprint density at radius 3 is 2.76 bits per heavy atom. The van der Waals surface area contributed by atoms with Gasteiger partial charge in [-0.1, -0.05) is 12.1 Å². The van der Waals surface area contributed by atoms with E-state index in [2.05, 4.69) is 10.3 Å². The highest BCUT2D eigenvalue weighted by Crippen LogP contribution is 2.32. The maximum Gasteiger partial charge on any atom is 0.258 e. The van der Waals surface area contributed by atoms with Crippen LogP contribution in [-0.4, -0.2) is 72.0 Å². The Morgan fingerprint density at radius 2 is 1.97 bits per heavy atom. The summed E-state index contributed by atoms with van der Waals surface area (Å²) in [4.78, 5) is 47.5. The number of hydrogen-bond donors (Lipinski definition) is 1. The molecule has 6 rings (SSSR count). The molecule has 0 radical (unpaired) electrons. The number of fused-ring (bicyclic) bond motifs is 5. The van der Waals surface area contributed by atoms with Crippen molar-refractivity contribution in [3.63, 3.8) is 0 Å². The molecule has 3 aromatic heterocycles. The number of para-hydroxylation sites is 1. The van der Waals surface area contributed by atoms with Crippen LogP contribution in [0.4, 0.5) is 10.2 Å². The first-order chi connectivity index (χ1) is 18.0. The molecule has 4 aromatic rings. The number of carbonyl (C=O) groups is 2. The number of nitrogens with one attached hydrogen (secondary N) is 1. The number of nitrogens with zero attached hydrogens (tertiary/aromatic N) is 4. The number of morpholine rings is 1. The number of rotatable bonds is 6. The minimum Gasteiger partial charge on any atom is -0.378 e. The smallest absolute Gasteiger partial charge is 0.258 e. The van der Waals surface area contributed by atoms with Crippen LogP contribution in [0.3, 0.4) is 0 Å². The van der Waals surface area contributed by atoms with Crippen molar-refractivity contribution in [1.29, 1.82) is 0 Å². The lowest BCUT2D eigenvalue weighted by Gasteiger charge is -2.28. The van der Waals surface area contributed by atoms with Gasteiger partial charge in [-0.05, 0) is 31.0 Å². The van der Waals surface area contributed by atoms with E-state index in [-0.39, 0.29) is 22.7 Å². The lowest BCUT2D eigenvalue weighted by Crippen LogP contribution is -2.37. The Labute approximate surface area is 215 Å². The molecule has 2 fully saturated rings. The van der Waals surface area contributed by atoms with Crippen LogP contribution in [0, 0.1) is 5.82 Å². The maximum atomic E-state index is 15.3. The summed E-state index contributed by atoms with van der Waals surface area (Å²) in [6.07, 6.45) is 2.02. The van der Waals surface area contributed by atoms with Gasteiger partial charge < -0.3 is 19.9 Å². The number of pyridine rings is 2. The van der Waals surface area contributed by atoms with Crippen LogP contribution in [-0.2, 0) is 9.53 Å². The Bertz CT molecular complexity index is 1590. The van der Waals surface area contributed by atoms with Gasteiger partial charge in [-0.25, -0.2) is 9.37 Å². The highest BCUT2D eigenvalue weighted by molar-refractivity contribution is 7.24. The van der Waals surface area contributed by atoms with Crippen molar-refractivity contribution in [2.45, 2.75) is 19.3 Å². The predicted octanol–water partition coefficient (Wildman–Crippen LogP) is 2.78. The van der Waals surface area contributed by atoms with E-state index in [1.54, 1.807) is 9.30 Å². The molecule has 11 heteroatoms. The van der Waals surface area contributed by atoms with E-state index in [0.717, 1.165) is 23.2 Å². The number of ether oxygens (including phenoxy) is 1. The second kappa shape index (κ2) is 9.71. The van der Waals surface area contributed by atoms with Crippen molar-refractivity contribution in [1.82, 2.24) is 19.6 Å². The van der Waals surface area contributed by atoms with Gasteiger partial charge in [0.25, 0.3) is 5.91 Å². The first-order valence-corrected chi connectivity index (χ1v) is 13.3. The lowest BCUT2D eigenvalue weighted by atomic mass is 10.1. The third-order valence-corrected chi connectivity index (χ3v) is 8.10. The molecular weight excluding hydrogens is 497 g/mol. The lowest BCUT2D eigenvalue weighted by molar-refractivity contribution is -0.127. The number of aromatic nitrogens is 2. The number of hydrogen-bond acceptors (Lipinski definition) is 7. The number of thiazole rings is 1. The highest BCUT2D eigenvalue weighted by Gasteiger charge is 2.26. The second-order valence-electron chi connectivity index (χ2n) is 9.27. The molecule has 5 heterocycles. The van der Waals surface area contributed by atoms with Gasteiger partial charge >= 0.3 is 0 Å². The van der Waals surface area contributed by atoms with E-state index >= 15 is 4.39 Å². The molecule has 2 aliphatic rings. The number of carbonyl (C=O) groups excluding carboxylic acids is 2. The molecule has 2 saturated heterocycles. The standard InChI is InChI=1S/C26H26FN5O4S/c27-17-15-16-22(34)21(25(35)28-8-4-10-30-9-3-7-20(30)33)26-32(18-5-1-2-6-19(18)37-26)23(16)29-24(17)31-11-13-36-14-12-31/h1-2,5-6,15H,3-4,7-14H2,(H,28,35). The Hall–Kier alpha value is -3.57. The van der Waals surface area contributed by atoms with Gasteiger partial charge in [0.2, 0.25) is 11.3 Å². The van der Waals surface area contributed by atoms with Crippen molar-refractivity contribution in [3.8, 4) is 0 Å². The van der Waals surface area contributed by atoms with Crippen LogP contribution < -0.4 is 15.6 Å². The largest absolute Gasteiger partial charge is 0.378 e. The molecule has 192 valence electrons. The average molecular weight is 524 g/mol.